The molecule has 2 heterocycles. The Bertz CT molecular complexity index is 614. The molecule has 1 aromatic rings. The summed E-state index contributed by atoms with van der Waals surface area (Å²) in [5.41, 5.74) is 2.23. The molecule has 1 aromatic carbocycles. The zero-order valence-corrected chi connectivity index (χ0v) is 14.0. The first-order chi connectivity index (χ1) is 11.1. The van der Waals surface area contributed by atoms with Crippen LogP contribution in [-0.4, -0.2) is 51.4 Å². The van der Waals surface area contributed by atoms with Gasteiger partial charge >= 0.3 is 6.09 Å². The van der Waals surface area contributed by atoms with Gasteiger partial charge in [0.05, 0.1) is 26.5 Å². The SMILES string of the molecule is COC(=O)N1C[C@@H](C[C@@H]2CC=C(OC)CN2C)c2ccccc21. The van der Waals surface area contributed by atoms with Gasteiger partial charge in [0, 0.05) is 18.5 Å². The van der Waals surface area contributed by atoms with Crippen molar-refractivity contribution in [2.24, 2.45) is 0 Å². The molecule has 0 fully saturated rings. The van der Waals surface area contributed by atoms with E-state index in [1.54, 1.807) is 12.0 Å². The molecule has 0 saturated heterocycles. The van der Waals surface area contributed by atoms with Gasteiger partial charge in [-0.1, -0.05) is 18.2 Å². The van der Waals surface area contributed by atoms with Crippen LogP contribution in [0.1, 0.15) is 24.3 Å². The van der Waals surface area contributed by atoms with Gasteiger partial charge in [0.15, 0.2) is 0 Å². The largest absolute Gasteiger partial charge is 0.500 e. The van der Waals surface area contributed by atoms with Crippen LogP contribution in [0.25, 0.3) is 0 Å². The molecule has 23 heavy (non-hydrogen) atoms. The number of hydrogen-bond acceptors (Lipinski definition) is 4. The fourth-order valence-corrected chi connectivity index (χ4v) is 3.62. The minimum absolute atomic E-state index is 0.279. The second kappa shape index (κ2) is 6.62. The molecule has 0 aliphatic carbocycles. The highest BCUT2D eigenvalue weighted by Crippen LogP contribution is 2.40. The lowest BCUT2D eigenvalue weighted by Gasteiger charge is -2.33. The van der Waals surface area contributed by atoms with E-state index in [4.69, 9.17) is 9.47 Å². The van der Waals surface area contributed by atoms with Gasteiger partial charge in [-0.2, -0.15) is 0 Å². The number of methoxy groups -OCH3 is 2. The molecule has 5 heteroatoms. The van der Waals surface area contributed by atoms with Gasteiger partial charge in [-0.15, -0.1) is 0 Å². The summed E-state index contributed by atoms with van der Waals surface area (Å²) in [6.45, 7) is 1.54. The quantitative estimate of drug-likeness (QED) is 0.860. The van der Waals surface area contributed by atoms with Crippen molar-refractivity contribution < 1.29 is 14.3 Å². The summed E-state index contributed by atoms with van der Waals surface area (Å²) >= 11 is 0. The van der Waals surface area contributed by atoms with Crippen molar-refractivity contribution in [2.45, 2.75) is 24.8 Å². The van der Waals surface area contributed by atoms with E-state index in [9.17, 15) is 4.79 Å². The van der Waals surface area contributed by atoms with E-state index in [0.717, 1.165) is 30.8 Å². The first-order valence-corrected chi connectivity index (χ1v) is 8.01. The zero-order chi connectivity index (χ0) is 16.4. The molecule has 0 bridgehead atoms. The Morgan fingerprint density at radius 1 is 1.30 bits per heavy atom. The Balaban J connectivity index is 1.77. The van der Waals surface area contributed by atoms with E-state index in [0.29, 0.717) is 18.5 Å². The first kappa shape index (κ1) is 15.9. The lowest BCUT2D eigenvalue weighted by molar-refractivity contribution is 0.166. The van der Waals surface area contributed by atoms with Crippen molar-refractivity contribution in [3.05, 3.63) is 41.7 Å². The van der Waals surface area contributed by atoms with Gasteiger partial charge in [0.25, 0.3) is 0 Å². The fourth-order valence-electron chi connectivity index (χ4n) is 3.62. The smallest absolute Gasteiger partial charge is 0.414 e. The molecule has 0 spiro atoms. The lowest BCUT2D eigenvalue weighted by Crippen LogP contribution is -2.38. The second-order valence-corrected chi connectivity index (χ2v) is 6.25. The second-order valence-electron chi connectivity index (χ2n) is 6.25. The lowest BCUT2D eigenvalue weighted by atomic mass is 9.91. The summed E-state index contributed by atoms with van der Waals surface area (Å²) in [5.74, 6) is 1.38. The summed E-state index contributed by atoms with van der Waals surface area (Å²) in [5, 5.41) is 0. The van der Waals surface area contributed by atoms with Crippen LogP contribution in [-0.2, 0) is 9.47 Å². The Morgan fingerprint density at radius 3 is 2.78 bits per heavy atom. The Labute approximate surface area is 137 Å². The fraction of sp³-hybridized carbons (Fsp3) is 0.500. The number of ether oxygens (including phenoxy) is 2. The number of benzene rings is 1. The highest BCUT2D eigenvalue weighted by molar-refractivity contribution is 5.90. The van der Waals surface area contributed by atoms with Gasteiger partial charge in [-0.3, -0.25) is 9.80 Å². The number of carbonyl (C=O) groups is 1. The number of amides is 1. The van der Waals surface area contributed by atoms with Crippen molar-refractivity contribution in [1.29, 1.82) is 0 Å². The topological polar surface area (TPSA) is 42.0 Å². The van der Waals surface area contributed by atoms with Crippen molar-refractivity contribution >= 4 is 11.8 Å². The Morgan fingerprint density at radius 2 is 2.09 bits per heavy atom. The highest BCUT2D eigenvalue weighted by Gasteiger charge is 2.35. The molecule has 0 aromatic heterocycles. The van der Waals surface area contributed by atoms with Crippen molar-refractivity contribution in [3.8, 4) is 0 Å². The number of nitrogens with zero attached hydrogens (tertiary/aromatic N) is 2. The summed E-state index contributed by atoms with van der Waals surface area (Å²) in [4.78, 5) is 16.1. The summed E-state index contributed by atoms with van der Waals surface area (Å²) in [6, 6.07) is 8.60. The van der Waals surface area contributed by atoms with Crippen LogP contribution >= 0.6 is 0 Å². The van der Waals surface area contributed by atoms with Crippen molar-refractivity contribution in [3.63, 3.8) is 0 Å². The van der Waals surface area contributed by atoms with Crippen LogP contribution in [0.5, 0.6) is 0 Å². The minimum atomic E-state index is -0.279. The molecule has 1 amide bonds. The maximum atomic E-state index is 12.0. The van der Waals surface area contributed by atoms with E-state index in [1.165, 1.54) is 12.7 Å². The number of carbonyl (C=O) groups excluding carboxylic acids is 1. The molecular weight excluding hydrogens is 292 g/mol. The summed E-state index contributed by atoms with van der Waals surface area (Å²) in [7, 11) is 5.29. The maximum Gasteiger partial charge on any atom is 0.414 e. The number of para-hydroxylation sites is 1. The molecule has 3 rings (SSSR count). The molecule has 5 nitrogen and oxygen atoms in total. The predicted octanol–water partition coefficient (Wildman–Crippen LogP) is 2.98. The number of hydrogen-bond donors (Lipinski definition) is 0. The average molecular weight is 316 g/mol. The Hall–Kier alpha value is -2.01. The van der Waals surface area contributed by atoms with Gasteiger partial charge < -0.3 is 9.47 Å². The van der Waals surface area contributed by atoms with Gasteiger partial charge in [0.1, 0.15) is 5.76 Å². The van der Waals surface area contributed by atoms with E-state index >= 15 is 0 Å². The van der Waals surface area contributed by atoms with E-state index in [1.807, 2.05) is 18.2 Å². The molecule has 2 atom stereocenters. The van der Waals surface area contributed by atoms with Crippen molar-refractivity contribution in [1.82, 2.24) is 4.90 Å². The van der Waals surface area contributed by atoms with Gasteiger partial charge in [0.2, 0.25) is 0 Å². The summed E-state index contributed by atoms with van der Waals surface area (Å²) in [6.07, 6.45) is 3.91. The van der Waals surface area contributed by atoms with E-state index in [2.05, 4.69) is 24.1 Å². The third kappa shape index (κ3) is 3.06. The summed E-state index contributed by atoms with van der Waals surface area (Å²) < 4.78 is 10.3. The van der Waals surface area contributed by atoms with Crippen LogP contribution in [0.2, 0.25) is 0 Å². The number of rotatable bonds is 3. The molecule has 0 unspecified atom stereocenters. The third-order valence-corrected chi connectivity index (χ3v) is 4.93. The van der Waals surface area contributed by atoms with E-state index in [-0.39, 0.29) is 6.09 Å². The molecule has 2 aliphatic heterocycles. The molecule has 124 valence electrons. The van der Waals surface area contributed by atoms with Crippen LogP contribution in [0.3, 0.4) is 0 Å². The van der Waals surface area contributed by atoms with Crippen LogP contribution in [0, 0.1) is 0 Å². The Kier molecular flexibility index (Phi) is 4.57. The standard InChI is InChI=1S/C18H24N2O3/c1-19-12-15(22-2)9-8-14(19)10-13-11-20(18(21)23-3)17-7-5-4-6-16(13)17/h4-7,9,13-14H,8,10-12H2,1-3H3/t13-,14+/m1/s1. The molecule has 0 N–H and O–H groups in total. The van der Waals surface area contributed by atoms with Gasteiger partial charge in [-0.05, 0) is 37.6 Å². The average Bonchev–Trinajstić information content (AvgIpc) is 2.95. The number of anilines is 1. The first-order valence-electron chi connectivity index (χ1n) is 8.01. The van der Waals surface area contributed by atoms with E-state index < -0.39 is 0 Å². The molecular formula is C18H24N2O3. The molecule has 0 radical (unpaired) electrons. The van der Waals surface area contributed by atoms with Crippen LogP contribution in [0.4, 0.5) is 10.5 Å². The predicted molar refractivity (Wildman–Crippen MR) is 89.7 cm³/mol. The van der Waals surface area contributed by atoms with Crippen LogP contribution in [0.15, 0.2) is 36.1 Å². The number of likely N-dealkylation sites (N-methyl/N-ethyl adjacent to an activating group) is 1. The maximum absolute atomic E-state index is 12.0. The normalized spacial score (nSPS) is 24.1. The van der Waals surface area contributed by atoms with Crippen molar-refractivity contribution in [2.75, 3.05) is 39.3 Å². The van der Waals surface area contributed by atoms with Gasteiger partial charge in [-0.25, -0.2) is 4.79 Å². The monoisotopic (exact) mass is 316 g/mol. The highest BCUT2D eigenvalue weighted by atomic mass is 16.5. The minimum Gasteiger partial charge on any atom is -0.500 e. The molecule has 0 saturated carbocycles. The molecule has 2 aliphatic rings. The number of fused-ring (bicyclic) bond motifs is 1. The zero-order valence-electron chi connectivity index (χ0n) is 14.0. The van der Waals surface area contributed by atoms with Crippen LogP contribution < -0.4 is 4.90 Å². The third-order valence-electron chi connectivity index (χ3n) is 4.93.